The summed E-state index contributed by atoms with van der Waals surface area (Å²) in [6, 6.07) is 18.7. The van der Waals surface area contributed by atoms with Gasteiger partial charge in [0.2, 0.25) is 0 Å². The summed E-state index contributed by atoms with van der Waals surface area (Å²) in [5.74, 6) is 0.0871. The highest BCUT2D eigenvalue weighted by atomic mass is 16.3. The van der Waals surface area contributed by atoms with Crippen LogP contribution in [-0.4, -0.2) is 17.8 Å². The molecule has 0 spiro atoms. The van der Waals surface area contributed by atoms with E-state index in [1.54, 1.807) is 0 Å². The van der Waals surface area contributed by atoms with Crippen LogP contribution in [0.4, 0.5) is 0 Å². The molecule has 0 radical (unpaired) electrons. The molecule has 2 aromatic carbocycles. The number of hydrogen-bond donors (Lipinski definition) is 2. The van der Waals surface area contributed by atoms with Gasteiger partial charge in [0.1, 0.15) is 0 Å². The molecular weight excluding hydrogens is 258 g/mol. The highest BCUT2D eigenvalue weighted by Gasteiger charge is 2.44. The van der Waals surface area contributed by atoms with Crippen LogP contribution < -0.4 is 5.73 Å². The molecule has 3 rings (SSSR count). The Kier molecular flexibility index (Phi) is 3.83. The molecular formula is C19H23NO. The predicted molar refractivity (Wildman–Crippen MR) is 86.2 cm³/mol. The number of hydrogen-bond acceptors (Lipinski definition) is 2. The Morgan fingerprint density at radius 1 is 1.00 bits per heavy atom. The largest absolute Gasteiger partial charge is 0.392 e. The third-order valence-corrected chi connectivity index (χ3v) is 5.04. The Morgan fingerprint density at radius 3 is 2.05 bits per heavy atom. The third-order valence-electron chi connectivity index (χ3n) is 5.04. The van der Waals surface area contributed by atoms with E-state index in [-0.39, 0.29) is 11.3 Å². The van der Waals surface area contributed by atoms with Crippen LogP contribution in [0.3, 0.4) is 0 Å². The van der Waals surface area contributed by atoms with E-state index in [0.29, 0.717) is 6.54 Å². The summed E-state index contributed by atoms with van der Waals surface area (Å²) in [6.45, 7) is 2.61. The molecule has 1 aliphatic rings. The van der Waals surface area contributed by atoms with E-state index in [4.69, 9.17) is 5.73 Å². The van der Waals surface area contributed by atoms with Crippen molar-refractivity contribution in [3.8, 4) is 0 Å². The van der Waals surface area contributed by atoms with Gasteiger partial charge in [-0.3, -0.25) is 0 Å². The molecule has 2 atom stereocenters. The summed E-state index contributed by atoms with van der Waals surface area (Å²) < 4.78 is 0. The average Bonchev–Trinajstić information content (AvgIpc) is 2.94. The molecule has 110 valence electrons. The minimum atomic E-state index is -0.433. The fourth-order valence-electron chi connectivity index (χ4n) is 3.67. The van der Waals surface area contributed by atoms with Crippen molar-refractivity contribution in [3.05, 3.63) is 71.3 Å². The van der Waals surface area contributed by atoms with Gasteiger partial charge in [-0.1, -0.05) is 61.5 Å². The molecule has 2 aromatic rings. The Bertz CT molecular complexity index is 583. The highest BCUT2D eigenvalue weighted by molar-refractivity contribution is 5.36. The zero-order chi connectivity index (χ0) is 14.9. The zero-order valence-electron chi connectivity index (χ0n) is 12.5. The summed E-state index contributed by atoms with van der Waals surface area (Å²) in [5, 5.41) is 11.0. The fourth-order valence-corrected chi connectivity index (χ4v) is 3.67. The molecule has 2 heteroatoms. The topological polar surface area (TPSA) is 46.2 Å². The van der Waals surface area contributed by atoms with Gasteiger partial charge >= 0.3 is 0 Å². The minimum Gasteiger partial charge on any atom is -0.392 e. The molecule has 0 heterocycles. The number of fused-ring (bicyclic) bond motifs is 1. The molecule has 0 saturated heterocycles. The molecule has 2 unspecified atom stereocenters. The smallest absolute Gasteiger partial charge is 0.0680 e. The van der Waals surface area contributed by atoms with Gasteiger partial charge in [-0.25, -0.2) is 0 Å². The first-order valence-electron chi connectivity index (χ1n) is 7.66. The van der Waals surface area contributed by atoms with E-state index >= 15 is 0 Å². The molecule has 0 amide bonds. The second-order valence-corrected chi connectivity index (χ2v) is 6.33. The monoisotopic (exact) mass is 281 g/mol. The quantitative estimate of drug-likeness (QED) is 0.905. The van der Waals surface area contributed by atoms with Crippen LogP contribution in [0, 0.1) is 5.41 Å². The maximum Gasteiger partial charge on any atom is 0.0680 e. The second kappa shape index (κ2) is 5.63. The summed E-state index contributed by atoms with van der Waals surface area (Å²) in [7, 11) is 0. The van der Waals surface area contributed by atoms with Gasteiger partial charge < -0.3 is 10.8 Å². The van der Waals surface area contributed by atoms with Crippen LogP contribution in [0.1, 0.15) is 29.5 Å². The van der Waals surface area contributed by atoms with Crippen molar-refractivity contribution in [2.24, 2.45) is 11.1 Å². The third kappa shape index (κ3) is 2.50. The maximum atomic E-state index is 11.0. The van der Waals surface area contributed by atoms with Crippen molar-refractivity contribution >= 4 is 0 Å². The van der Waals surface area contributed by atoms with Crippen LogP contribution in [0.2, 0.25) is 0 Å². The van der Waals surface area contributed by atoms with E-state index in [9.17, 15) is 5.11 Å². The summed E-state index contributed by atoms with van der Waals surface area (Å²) in [6.07, 6.45) is 1.31. The lowest BCUT2D eigenvalue weighted by atomic mass is 9.72. The Balaban J connectivity index is 1.88. The molecule has 0 fully saturated rings. The zero-order valence-corrected chi connectivity index (χ0v) is 12.5. The van der Waals surface area contributed by atoms with E-state index in [2.05, 4.69) is 43.3 Å². The standard InChI is InChI=1S/C19H23NO/c1-14(15-7-3-2-4-8-15)18(21)19(13-20)11-16-9-5-6-10-17(16)12-19/h2-10,14,18,21H,11-13,20H2,1H3. The molecule has 1 aliphatic carbocycles. The normalized spacial score (nSPS) is 19.0. The first-order chi connectivity index (χ1) is 10.2. The van der Waals surface area contributed by atoms with Gasteiger partial charge in [0.05, 0.1) is 6.10 Å². The number of aliphatic hydroxyl groups is 1. The molecule has 0 aromatic heterocycles. The second-order valence-electron chi connectivity index (χ2n) is 6.33. The molecule has 0 saturated carbocycles. The lowest BCUT2D eigenvalue weighted by Crippen LogP contribution is -2.45. The van der Waals surface area contributed by atoms with Crippen LogP contribution >= 0.6 is 0 Å². The van der Waals surface area contributed by atoms with Crippen molar-refractivity contribution in [3.63, 3.8) is 0 Å². The maximum absolute atomic E-state index is 11.0. The van der Waals surface area contributed by atoms with Gasteiger partial charge in [-0.15, -0.1) is 0 Å². The van der Waals surface area contributed by atoms with Gasteiger partial charge in [0.15, 0.2) is 0 Å². The number of aliphatic hydroxyl groups excluding tert-OH is 1. The number of nitrogens with two attached hydrogens (primary N) is 1. The van der Waals surface area contributed by atoms with Crippen molar-refractivity contribution < 1.29 is 5.11 Å². The lowest BCUT2D eigenvalue weighted by Gasteiger charge is -2.37. The molecule has 21 heavy (non-hydrogen) atoms. The summed E-state index contributed by atoms with van der Waals surface area (Å²) >= 11 is 0. The van der Waals surface area contributed by atoms with Gasteiger partial charge in [-0.05, 0) is 29.5 Å². The van der Waals surface area contributed by atoms with Crippen molar-refractivity contribution in [2.45, 2.75) is 31.8 Å². The van der Waals surface area contributed by atoms with Gasteiger partial charge in [0, 0.05) is 17.9 Å². The fraction of sp³-hybridized carbons (Fsp3) is 0.368. The first kappa shape index (κ1) is 14.3. The molecule has 2 nitrogen and oxygen atoms in total. The Hall–Kier alpha value is -1.64. The summed E-state index contributed by atoms with van der Waals surface area (Å²) in [4.78, 5) is 0. The highest BCUT2D eigenvalue weighted by Crippen LogP contribution is 2.43. The van der Waals surface area contributed by atoms with E-state index in [0.717, 1.165) is 12.8 Å². The molecule has 0 aliphatic heterocycles. The van der Waals surface area contributed by atoms with Gasteiger partial charge in [0.25, 0.3) is 0 Å². The number of benzene rings is 2. The predicted octanol–water partition coefficient (Wildman–Crippen LogP) is 2.89. The van der Waals surface area contributed by atoms with Gasteiger partial charge in [-0.2, -0.15) is 0 Å². The average molecular weight is 281 g/mol. The number of rotatable bonds is 4. The van der Waals surface area contributed by atoms with Crippen LogP contribution in [0.5, 0.6) is 0 Å². The van der Waals surface area contributed by atoms with Crippen molar-refractivity contribution in [2.75, 3.05) is 6.54 Å². The Morgan fingerprint density at radius 2 is 1.52 bits per heavy atom. The summed E-state index contributed by atoms with van der Waals surface area (Å²) in [5.41, 5.74) is 9.71. The van der Waals surface area contributed by atoms with Crippen LogP contribution in [-0.2, 0) is 12.8 Å². The van der Waals surface area contributed by atoms with E-state index in [1.807, 2.05) is 18.2 Å². The first-order valence-corrected chi connectivity index (χ1v) is 7.66. The molecule has 0 bridgehead atoms. The van der Waals surface area contributed by atoms with Crippen molar-refractivity contribution in [1.82, 2.24) is 0 Å². The molecule has 3 N–H and O–H groups in total. The Labute approximate surface area is 126 Å². The van der Waals surface area contributed by atoms with Crippen LogP contribution in [0.25, 0.3) is 0 Å². The minimum absolute atomic E-state index is 0.0871. The lowest BCUT2D eigenvalue weighted by molar-refractivity contribution is 0.0192. The SMILES string of the molecule is CC(c1ccccc1)C(O)C1(CN)Cc2ccccc2C1. The van der Waals surface area contributed by atoms with Crippen molar-refractivity contribution in [1.29, 1.82) is 0 Å². The van der Waals surface area contributed by atoms with Crippen LogP contribution in [0.15, 0.2) is 54.6 Å². The van der Waals surface area contributed by atoms with E-state index in [1.165, 1.54) is 16.7 Å². The van der Waals surface area contributed by atoms with E-state index < -0.39 is 6.10 Å².